The van der Waals surface area contributed by atoms with Crippen LogP contribution in [0.1, 0.15) is 24.0 Å². The van der Waals surface area contributed by atoms with Crippen LogP contribution < -0.4 is 0 Å². The van der Waals surface area contributed by atoms with Crippen molar-refractivity contribution in [1.82, 2.24) is 4.90 Å². The zero-order chi connectivity index (χ0) is 13.8. The molecule has 1 aliphatic rings. The standard InChI is InChI=1S/C15H21NO2S/c1-11-3-4-12(2)14(9-11)19-10-15(18)16(7-8-17)13-5-6-13/h3-4,9,13,17H,5-8,10H2,1-2H3. The number of benzene rings is 1. The lowest BCUT2D eigenvalue weighted by Gasteiger charge is -2.21. The number of aryl methyl sites for hydroxylation is 2. The minimum absolute atomic E-state index is 0.0520. The Labute approximate surface area is 119 Å². The molecule has 4 heteroatoms. The van der Waals surface area contributed by atoms with E-state index in [0.717, 1.165) is 12.8 Å². The van der Waals surface area contributed by atoms with Crippen LogP contribution in [-0.4, -0.2) is 40.9 Å². The molecule has 3 nitrogen and oxygen atoms in total. The fraction of sp³-hybridized carbons (Fsp3) is 0.533. The van der Waals surface area contributed by atoms with Gasteiger partial charge < -0.3 is 10.0 Å². The second-order valence-electron chi connectivity index (χ2n) is 5.10. The molecule has 1 amide bonds. The Bertz CT molecular complexity index is 457. The summed E-state index contributed by atoms with van der Waals surface area (Å²) < 4.78 is 0. The lowest BCUT2D eigenvalue weighted by atomic mass is 10.2. The molecule has 1 aromatic rings. The van der Waals surface area contributed by atoms with Crippen molar-refractivity contribution in [2.45, 2.75) is 37.6 Å². The van der Waals surface area contributed by atoms with E-state index in [9.17, 15) is 4.79 Å². The number of hydrogen-bond donors (Lipinski definition) is 1. The number of nitrogens with zero attached hydrogens (tertiary/aromatic N) is 1. The van der Waals surface area contributed by atoms with E-state index in [1.807, 2.05) is 4.90 Å². The van der Waals surface area contributed by atoms with Gasteiger partial charge in [0.1, 0.15) is 0 Å². The van der Waals surface area contributed by atoms with Crippen molar-refractivity contribution in [2.24, 2.45) is 0 Å². The second kappa shape index (κ2) is 6.44. The summed E-state index contributed by atoms with van der Waals surface area (Å²) in [6, 6.07) is 6.68. The summed E-state index contributed by atoms with van der Waals surface area (Å²) in [5.74, 6) is 0.600. The number of carbonyl (C=O) groups is 1. The van der Waals surface area contributed by atoms with E-state index in [1.165, 1.54) is 16.0 Å². The van der Waals surface area contributed by atoms with E-state index in [-0.39, 0.29) is 12.5 Å². The van der Waals surface area contributed by atoms with Crippen LogP contribution in [0, 0.1) is 13.8 Å². The largest absolute Gasteiger partial charge is 0.395 e. The molecule has 2 rings (SSSR count). The van der Waals surface area contributed by atoms with Gasteiger partial charge in [0.05, 0.1) is 12.4 Å². The zero-order valence-corrected chi connectivity index (χ0v) is 12.4. The highest BCUT2D eigenvalue weighted by atomic mass is 32.2. The lowest BCUT2D eigenvalue weighted by molar-refractivity contribution is -0.129. The molecule has 1 N–H and O–H groups in total. The van der Waals surface area contributed by atoms with Crippen molar-refractivity contribution in [3.05, 3.63) is 29.3 Å². The third kappa shape index (κ3) is 3.98. The minimum Gasteiger partial charge on any atom is -0.395 e. The first-order valence-electron chi connectivity index (χ1n) is 6.72. The van der Waals surface area contributed by atoms with Crippen molar-refractivity contribution in [3.8, 4) is 0 Å². The number of hydrogen-bond acceptors (Lipinski definition) is 3. The van der Waals surface area contributed by atoms with Gasteiger partial charge in [-0.3, -0.25) is 4.79 Å². The highest BCUT2D eigenvalue weighted by Gasteiger charge is 2.31. The van der Waals surface area contributed by atoms with Crippen LogP contribution in [0.3, 0.4) is 0 Å². The molecule has 19 heavy (non-hydrogen) atoms. The monoisotopic (exact) mass is 279 g/mol. The summed E-state index contributed by atoms with van der Waals surface area (Å²) >= 11 is 1.60. The molecule has 0 atom stereocenters. The molecule has 0 spiro atoms. The average Bonchev–Trinajstić information content (AvgIpc) is 3.21. The first kappa shape index (κ1) is 14.4. The molecule has 1 saturated carbocycles. The van der Waals surface area contributed by atoms with Crippen molar-refractivity contribution >= 4 is 17.7 Å². The van der Waals surface area contributed by atoms with E-state index in [4.69, 9.17) is 5.11 Å². The molecule has 0 heterocycles. The predicted octanol–water partition coefficient (Wildman–Crippen LogP) is 2.38. The van der Waals surface area contributed by atoms with E-state index in [0.29, 0.717) is 18.3 Å². The van der Waals surface area contributed by atoms with Crippen LogP contribution in [0.15, 0.2) is 23.1 Å². The van der Waals surface area contributed by atoms with E-state index in [2.05, 4.69) is 32.0 Å². The van der Waals surface area contributed by atoms with Crippen LogP contribution in [0.4, 0.5) is 0 Å². The van der Waals surface area contributed by atoms with Gasteiger partial charge in [-0.15, -0.1) is 11.8 Å². The summed E-state index contributed by atoms with van der Waals surface area (Å²) in [5.41, 5.74) is 2.43. The Balaban J connectivity index is 1.93. The van der Waals surface area contributed by atoms with Gasteiger partial charge in [-0.1, -0.05) is 17.7 Å². The van der Waals surface area contributed by atoms with Crippen molar-refractivity contribution < 1.29 is 9.90 Å². The average molecular weight is 279 g/mol. The van der Waals surface area contributed by atoms with Gasteiger partial charge in [0.15, 0.2) is 0 Å². The Morgan fingerprint density at radius 3 is 2.79 bits per heavy atom. The minimum atomic E-state index is 0.0520. The molecule has 0 aromatic heterocycles. The molecule has 1 aromatic carbocycles. The van der Waals surface area contributed by atoms with Crippen molar-refractivity contribution in [2.75, 3.05) is 18.9 Å². The maximum absolute atomic E-state index is 12.2. The summed E-state index contributed by atoms with van der Waals surface area (Å²) in [4.78, 5) is 15.2. The molecule has 0 unspecified atom stereocenters. The molecular formula is C15H21NO2S. The van der Waals surface area contributed by atoms with E-state index in [1.54, 1.807) is 11.8 Å². The number of carbonyl (C=O) groups excluding carboxylic acids is 1. The first-order valence-corrected chi connectivity index (χ1v) is 7.70. The number of rotatable bonds is 6. The highest BCUT2D eigenvalue weighted by Crippen LogP contribution is 2.29. The Morgan fingerprint density at radius 2 is 2.16 bits per heavy atom. The SMILES string of the molecule is Cc1ccc(C)c(SCC(=O)N(CCO)C2CC2)c1. The van der Waals surface area contributed by atoms with Crippen LogP contribution in [0.25, 0.3) is 0 Å². The first-order chi connectivity index (χ1) is 9.11. The highest BCUT2D eigenvalue weighted by molar-refractivity contribution is 8.00. The van der Waals surface area contributed by atoms with E-state index >= 15 is 0 Å². The van der Waals surface area contributed by atoms with Crippen LogP contribution in [0.5, 0.6) is 0 Å². The van der Waals surface area contributed by atoms with Crippen LogP contribution >= 0.6 is 11.8 Å². The maximum atomic E-state index is 12.2. The molecule has 1 aliphatic carbocycles. The number of amides is 1. The molecule has 1 fully saturated rings. The van der Waals surface area contributed by atoms with Gasteiger partial charge in [0.2, 0.25) is 5.91 Å². The van der Waals surface area contributed by atoms with Crippen molar-refractivity contribution in [3.63, 3.8) is 0 Å². The summed E-state index contributed by atoms with van der Waals surface area (Å²) in [5, 5.41) is 9.03. The van der Waals surface area contributed by atoms with Gasteiger partial charge in [0.25, 0.3) is 0 Å². The number of thioether (sulfide) groups is 1. The number of aliphatic hydroxyl groups excluding tert-OH is 1. The Morgan fingerprint density at radius 1 is 1.42 bits per heavy atom. The molecular weight excluding hydrogens is 258 g/mol. The fourth-order valence-corrected chi connectivity index (χ4v) is 3.10. The zero-order valence-electron chi connectivity index (χ0n) is 11.6. The molecule has 0 radical (unpaired) electrons. The smallest absolute Gasteiger partial charge is 0.233 e. The van der Waals surface area contributed by atoms with Crippen LogP contribution in [0.2, 0.25) is 0 Å². The van der Waals surface area contributed by atoms with Crippen LogP contribution in [-0.2, 0) is 4.79 Å². The van der Waals surface area contributed by atoms with Gasteiger partial charge in [0, 0.05) is 17.5 Å². The predicted molar refractivity (Wildman–Crippen MR) is 78.5 cm³/mol. The Hall–Kier alpha value is -1.00. The van der Waals surface area contributed by atoms with E-state index < -0.39 is 0 Å². The quantitative estimate of drug-likeness (QED) is 0.813. The van der Waals surface area contributed by atoms with Gasteiger partial charge in [-0.25, -0.2) is 0 Å². The molecule has 0 saturated heterocycles. The van der Waals surface area contributed by atoms with Gasteiger partial charge >= 0.3 is 0 Å². The van der Waals surface area contributed by atoms with Gasteiger partial charge in [-0.05, 0) is 38.3 Å². The topological polar surface area (TPSA) is 40.5 Å². The lowest BCUT2D eigenvalue weighted by Crippen LogP contribution is -2.36. The van der Waals surface area contributed by atoms with Crippen molar-refractivity contribution in [1.29, 1.82) is 0 Å². The van der Waals surface area contributed by atoms with Gasteiger partial charge in [-0.2, -0.15) is 0 Å². The summed E-state index contributed by atoms with van der Waals surface area (Å²) in [7, 11) is 0. The third-order valence-electron chi connectivity index (χ3n) is 3.34. The second-order valence-corrected chi connectivity index (χ2v) is 6.12. The third-order valence-corrected chi connectivity index (χ3v) is 4.49. The normalized spacial score (nSPS) is 14.5. The fourth-order valence-electron chi connectivity index (χ4n) is 2.09. The summed E-state index contributed by atoms with van der Waals surface area (Å²) in [6.45, 7) is 4.65. The number of aliphatic hydroxyl groups is 1. The molecule has 0 aliphatic heterocycles. The molecule has 0 bridgehead atoms. The summed E-state index contributed by atoms with van der Waals surface area (Å²) in [6.07, 6.45) is 2.17. The molecule has 104 valence electrons. The Kier molecular flexibility index (Phi) is 4.88. The maximum Gasteiger partial charge on any atom is 0.233 e.